The summed E-state index contributed by atoms with van der Waals surface area (Å²) < 4.78 is 11.3. The molecule has 0 spiro atoms. The molecule has 198 valence electrons. The normalized spacial score (nSPS) is 26.2. The predicted molar refractivity (Wildman–Crippen MR) is 133 cm³/mol. The van der Waals surface area contributed by atoms with Crippen LogP contribution in [0.1, 0.15) is 23.6 Å². The third kappa shape index (κ3) is 5.75. The van der Waals surface area contributed by atoms with Gasteiger partial charge in [-0.05, 0) is 38.1 Å². The minimum absolute atomic E-state index is 0.0142. The molecule has 4 N–H and O–H groups in total. The molecule has 0 aliphatic carbocycles. The maximum atomic E-state index is 13.3. The molecule has 1 fully saturated rings. The molecular weight excluding hydrogens is 482 g/mol. The summed E-state index contributed by atoms with van der Waals surface area (Å²) in [6.07, 6.45) is -5.50. The number of carbonyl (C=O) groups excluding carboxylic acids is 2. The maximum absolute atomic E-state index is 13.3. The molecule has 0 bridgehead atoms. The second kappa shape index (κ2) is 11.3. The highest BCUT2D eigenvalue weighted by Gasteiger charge is 2.46. The fraction of sp³-hybridized carbons (Fsp3) is 0.423. The Morgan fingerprint density at radius 3 is 2.49 bits per heavy atom. The molecule has 11 heteroatoms. The average Bonchev–Trinajstić information content (AvgIpc) is 3.12. The predicted octanol–water partition coefficient (Wildman–Crippen LogP) is 0.393. The van der Waals surface area contributed by atoms with Crippen molar-refractivity contribution in [2.75, 3.05) is 24.7 Å². The van der Waals surface area contributed by atoms with Crippen LogP contribution >= 0.6 is 0 Å². The summed E-state index contributed by atoms with van der Waals surface area (Å²) in [6, 6.07) is 11.9. The van der Waals surface area contributed by atoms with Gasteiger partial charge in [-0.15, -0.1) is 0 Å². The van der Waals surface area contributed by atoms with Crippen LogP contribution in [0.25, 0.3) is 0 Å². The van der Waals surface area contributed by atoms with Crippen molar-refractivity contribution in [3.63, 3.8) is 0 Å². The van der Waals surface area contributed by atoms with Gasteiger partial charge in [0.2, 0.25) is 12.2 Å². The van der Waals surface area contributed by atoms with Gasteiger partial charge in [0, 0.05) is 12.5 Å². The molecule has 2 heterocycles. The van der Waals surface area contributed by atoms with Crippen molar-refractivity contribution in [2.24, 2.45) is 5.16 Å². The summed E-state index contributed by atoms with van der Waals surface area (Å²) in [7, 11) is 0. The second-order valence-electron chi connectivity index (χ2n) is 9.12. The van der Waals surface area contributed by atoms with Crippen LogP contribution in [0.15, 0.2) is 47.6 Å². The van der Waals surface area contributed by atoms with Gasteiger partial charge in [0.1, 0.15) is 36.7 Å². The molecule has 5 atom stereocenters. The number of hydrogen-bond donors (Lipinski definition) is 4. The van der Waals surface area contributed by atoms with Crippen LogP contribution in [0.4, 0.5) is 5.69 Å². The number of carbonyl (C=O) groups is 2. The summed E-state index contributed by atoms with van der Waals surface area (Å²) >= 11 is 0. The van der Waals surface area contributed by atoms with E-state index in [1.165, 1.54) is 11.8 Å². The number of hydrogen-bond acceptors (Lipinski definition) is 9. The summed E-state index contributed by atoms with van der Waals surface area (Å²) in [5.41, 5.74) is 3.21. The molecule has 2 aromatic rings. The van der Waals surface area contributed by atoms with Gasteiger partial charge in [-0.25, -0.2) is 0 Å². The average molecular weight is 514 g/mol. The lowest BCUT2D eigenvalue weighted by atomic mass is 9.97. The molecule has 2 aliphatic heterocycles. The Kier molecular flexibility index (Phi) is 8.08. The van der Waals surface area contributed by atoms with Gasteiger partial charge in [0.15, 0.2) is 5.71 Å². The Hall–Kier alpha value is -3.51. The first kappa shape index (κ1) is 26.6. The number of nitrogens with one attached hydrogen (secondary N) is 1. The van der Waals surface area contributed by atoms with E-state index >= 15 is 0 Å². The number of fused-ring (bicyclic) bond motifs is 1. The number of ether oxygens (including phenoxy) is 2. The zero-order chi connectivity index (χ0) is 26.7. The minimum Gasteiger partial charge on any atom is -0.492 e. The van der Waals surface area contributed by atoms with E-state index in [9.17, 15) is 24.9 Å². The number of anilines is 1. The van der Waals surface area contributed by atoms with Crippen molar-refractivity contribution < 1.29 is 39.2 Å². The van der Waals surface area contributed by atoms with E-state index < -0.39 is 49.1 Å². The monoisotopic (exact) mass is 513 g/mol. The van der Waals surface area contributed by atoms with Crippen LogP contribution in [0.3, 0.4) is 0 Å². The largest absolute Gasteiger partial charge is 0.492 e. The van der Waals surface area contributed by atoms with E-state index in [1.54, 1.807) is 6.07 Å². The van der Waals surface area contributed by atoms with Gasteiger partial charge in [0.05, 0.1) is 18.8 Å². The Morgan fingerprint density at radius 1 is 1.11 bits per heavy atom. The van der Waals surface area contributed by atoms with Gasteiger partial charge in [-0.2, -0.15) is 0 Å². The number of aliphatic hydroxyl groups excluding tert-OH is 3. The smallest absolute Gasteiger partial charge is 0.281 e. The van der Waals surface area contributed by atoms with Gasteiger partial charge in [-0.3, -0.25) is 9.59 Å². The minimum atomic E-state index is -1.50. The van der Waals surface area contributed by atoms with E-state index in [0.29, 0.717) is 17.0 Å². The molecule has 0 aromatic heterocycles. The summed E-state index contributed by atoms with van der Waals surface area (Å²) in [4.78, 5) is 32.1. The van der Waals surface area contributed by atoms with Crippen LogP contribution in [0.5, 0.6) is 5.75 Å². The zero-order valence-corrected chi connectivity index (χ0v) is 20.8. The summed E-state index contributed by atoms with van der Waals surface area (Å²) in [5.74, 6) is -0.225. The molecule has 4 rings (SSSR count). The van der Waals surface area contributed by atoms with Crippen molar-refractivity contribution in [1.29, 1.82) is 0 Å². The molecule has 2 amide bonds. The summed E-state index contributed by atoms with van der Waals surface area (Å²) in [5, 5.41) is 36.7. The summed E-state index contributed by atoms with van der Waals surface area (Å²) in [6.45, 7) is 5.00. The van der Waals surface area contributed by atoms with Crippen LogP contribution in [-0.4, -0.2) is 83.2 Å². The highest BCUT2D eigenvalue weighted by atomic mass is 16.8. The number of amides is 2. The highest BCUT2D eigenvalue weighted by Crippen LogP contribution is 2.31. The van der Waals surface area contributed by atoms with Crippen LogP contribution in [0.2, 0.25) is 0 Å². The first-order valence-electron chi connectivity index (χ1n) is 12.0. The Bertz CT molecular complexity index is 1170. The molecule has 0 unspecified atom stereocenters. The third-order valence-corrected chi connectivity index (χ3v) is 6.25. The quantitative estimate of drug-likeness (QED) is 0.371. The first-order valence-corrected chi connectivity index (χ1v) is 12.0. The number of benzene rings is 2. The SMILES string of the molecule is CC(=O)N[C@@H]1[C@@H](O/N=C2\C(=O)N(CCOc3ccc(C)cc3)c3ccc(C)cc32)O[C@@H](CO)[C@@H](O)[C@H]1O. The third-order valence-electron chi connectivity index (χ3n) is 6.25. The number of nitrogens with zero attached hydrogens (tertiary/aromatic N) is 2. The molecule has 2 aliphatic rings. The number of aliphatic hydroxyl groups is 3. The van der Waals surface area contributed by atoms with Crippen molar-refractivity contribution in [3.8, 4) is 5.75 Å². The van der Waals surface area contributed by atoms with Gasteiger partial charge < -0.3 is 39.8 Å². The van der Waals surface area contributed by atoms with E-state index in [-0.39, 0.29) is 18.9 Å². The fourth-order valence-corrected chi connectivity index (χ4v) is 4.29. The molecular formula is C26H31N3O8. The van der Waals surface area contributed by atoms with E-state index in [1.807, 2.05) is 50.2 Å². The lowest BCUT2D eigenvalue weighted by molar-refractivity contribution is -0.270. The molecule has 0 saturated carbocycles. The van der Waals surface area contributed by atoms with E-state index in [2.05, 4.69) is 10.5 Å². The topological polar surface area (TPSA) is 150 Å². The molecule has 37 heavy (non-hydrogen) atoms. The van der Waals surface area contributed by atoms with Gasteiger partial charge >= 0.3 is 0 Å². The fourth-order valence-electron chi connectivity index (χ4n) is 4.29. The highest BCUT2D eigenvalue weighted by molar-refractivity contribution is 6.54. The number of rotatable bonds is 8. The van der Waals surface area contributed by atoms with Crippen LogP contribution in [0, 0.1) is 13.8 Å². The zero-order valence-electron chi connectivity index (χ0n) is 20.8. The first-order chi connectivity index (χ1) is 17.7. The lowest BCUT2D eigenvalue weighted by Crippen LogP contribution is -2.64. The van der Waals surface area contributed by atoms with Crippen molar-refractivity contribution in [2.45, 2.75) is 51.4 Å². The van der Waals surface area contributed by atoms with Crippen molar-refractivity contribution in [1.82, 2.24) is 5.32 Å². The number of oxime groups is 1. The Balaban J connectivity index is 1.54. The molecule has 1 saturated heterocycles. The van der Waals surface area contributed by atoms with Gasteiger partial charge in [-0.1, -0.05) is 34.5 Å². The second-order valence-corrected chi connectivity index (χ2v) is 9.12. The van der Waals surface area contributed by atoms with Crippen LogP contribution in [-0.2, 0) is 19.2 Å². The van der Waals surface area contributed by atoms with Crippen LogP contribution < -0.4 is 15.0 Å². The van der Waals surface area contributed by atoms with E-state index in [4.69, 9.17) is 14.3 Å². The van der Waals surface area contributed by atoms with E-state index in [0.717, 1.165) is 11.1 Å². The Morgan fingerprint density at radius 2 is 1.81 bits per heavy atom. The van der Waals surface area contributed by atoms with Crippen molar-refractivity contribution in [3.05, 3.63) is 59.2 Å². The lowest BCUT2D eigenvalue weighted by Gasteiger charge is -2.40. The van der Waals surface area contributed by atoms with Gasteiger partial charge in [0.25, 0.3) is 5.91 Å². The number of aryl methyl sites for hydroxylation is 2. The molecule has 11 nitrogen and oxygen atoms in total. The maximum Gasteiger partial charge on any atom is 0.281 e. The standard InChI is InChI=1S/C26H31N3O8/c1-14-4-7-17(8-5-14)35-11-10-29-19-9-6-15(2)12-18(19)21(25(29)34)28-37-26-22(27-16(3)31)24(33)23(32)20(13-30)36-26/h4-9,12,20,22-24,26,30,32-33H,10-11,13H2,1-3H3,(H,27,31)/b28-21-/t20-,22-,23+,24-,26+/m0/s1. The molecule has 2 aromatic carbocycles. The molecule has 0 radical (unpaired) electrons. The Labute approximate surface area is 214 Å². The van der Waals surface area contributed by atoms with Crippen molar-refractivity contribution >= 4 is 23.2 Å².